The maximum atomic E-state index is 5.54. The Kier molecular flexibility index (Phi) is 12.3. The van der Waals surface area contributed by atoms with E-state index in [9.17, 15) is 0 Å². The lowest BCUT2D eigenvalue weighted by Gasteiger charge is -2.16. The van der Waals surface area contributed by atoms with Crippen LogP contribution in [0.15, 0.2) is 24.7 Å². The minimum Gasteiger partial charge on any atom is -0.473 e. The van der Waals surface area contributed by atoms with Crippen LogP contribution in [0, 0.1) is 0 Å². The third-order valence-electron chi connectivity index (χ3n) is 2.47. The molecule has 5 heteroatoms. The van der Waals surface area contributed by atoms with Gasteiger partial charge in [0.25, 0.3) is 0 Å². The highest BCUT2D eigenvalue weighted by atomic mass is 16.7. The Labute approximate surface area is 128 Å². The molecule has 0 heterocycles. The van der Waals surface area contributed by atoms with E-state index in [1.807, 2.05) is 53.7 Å². The minimum absolute atomic E-state index is 0.0772. The van der Waals surface area contributed by atoms with E-state index in [-0.39, 0.29) is 24.8 Å². The van der Waals surface area contributed by atoms with Crippen molar-refractivity contribution >= 4 is 0 Å². The van der Waals surface area contributed by atoms with Gasteiger partial charge >= 0.3 is 0 Å². The van der Waals surface area contributed by atoms with Gasteiger partial charge in [-0.25, -0.2) is 0 Å². The molecule has 4 atom stereocenters. The van der Waals surface area contributed by atoms with E-state index in [1.54, 1.807) is 12.5 Å². The third kappa shape index (κ3) is 12.6. The number of ether oxygens (including phenoxy) is 5. The molecule has 0 saturated carbocycles. The Bertz CT molecular complexity index is 262. The fraction of sp³-hybridized carbons (Fsp3) is 0.750. The molecule has 0 aromatic rings. The van der Waals surface area contributed by atoms with E-state index in [2.05, 4.69) is 0 Å². The molecule has 0 bridgehead atoms. The van der Waals surface area contributed by atoms with Crippen molar-refractivity contribution < 1.29 is 23.7 Å². The molecule has 0 saturated heterocycles. The predicted octanol–water partition coefficient (Wildman–Crippen LogP) is 3.61. The summed E-state index contributed by atoms with van der Waals surface area (Å²) in [6.45, 7) is 12.7. The zero-order valence-electron chi connectivity index (χ0n) is 14.1. The van der Waals surface area contributed by atoms with Gasteiger partial charge in [-0.05, 0) is 53.7 Å². The lowest BCUT2D eigenvalue weighted by atomic mass is 10.4. The van der Waals surface area contributed by atoms with Crippen molar-refractivity contribution in [3.8, 4) is 0 Å². The van der Waals surface area contributed by atoms with Gasteiger partial charge < -0.3 is 23.7 Å². The lowest BCUT2D eigenvalue weighted by Crippen LogP contribution is -2.18. The van der Waals surface area contributed by atoms with Gasteiger partial charge in [0.2, 0.25) is 0 Å². The van der Waals surface area contributed by atoms with Gasteiger partial charge in [-0.3, -0.25) is 0 Å². The zero-order valence-corrected chi connectivity index (χ0v) is 14.1. The second-order valence-electron chi connectivity index (χ2n) is 4.52. The van der Waals surface area contributed by atoms with Gasteiger partial charge in [-0.2, -0.15) is 0 Å². The van der Waals surface area contributed by atoms with Gasteiger partial charge in [0.15, 0.2) is 12.6 Å². The van der Waals surface area contributed by atoms with Crippen LogP contribution < -0.4 is 0 Å². The summed E-state index contributed by atoms with van der Waals surface area (Å²) in [7, 11) is 0. The highest BCUT2D eigenvalue weighted by Crippen LogP contribution is 2.03. The number of hydrogen-bond donors (Lipinski definition) is 0. The van der Waals surface area contributed by atoms with E-state index in [0.717, 1.165) is 0 Å². The largest absolute Gasteiger partial charge is 0.473 e. The van der Waals surface area contributed by atoms with E-state index >= 15 is 0 Å². The first kappa shape index (κ1) is 20.1. The minimum atomic E-state index is -0.223. The maximum absolute atomic E-state index is 5.54. The molecule has 0 aliphatic carbocycles. The Morgan fingerprint density at radius 2 is 1.10 bits per heavy atom. The first-order valence-corrected chi connectivity index (χ1v) is 7.52. The van der Waals surface area contributed by atoms with Gasteiger partial charge in [0, 0.05) is 13.2 Å². The molecule has 0 aromatic heterocycles. The smallest absolute Gasteiger partial charge is 0.155 e. The summed E-state index contributed by atoms with van der Waals surface area (Å²) in [4.78, 5) is 0. The highest BCUT2D eigenvalue weighted by Gasteiger charge is 2.05. The van der Waals surface area contributed by atoms with Crippen molar-refractivity contribution in [1.29, 1.82) is 0 Å². The monoisotopic (exact) mass is 302 g/mol. The molecular formula is C16H30O5. The number of hydrogen-bond acceptors (Lipinski definition) is 5. The summed E-state index contributed by atoms with van der Waals surface area (Å²) in [5.41, 5.74) is 0. The van der Waals surface area contributed by atoms with Crippen LogP contribution in [0.3, 0.4) is 0 Å². The van der Waals surface area contributed by atoms with Gasteiger partial charge in [0.1, 0.15) is 0 Å². The predicted molar refractivity (Wildman–Crippen MR) is 82.6 cm³/mol. The molecule has 0 aliphatic heterocycles. The van der Waals surface area contributed by atoms with Crippen LogP contribution in [0.25, 0.3) is 0 Å². The highest BCUT2D eigenvalue weighted by molar-refractivity contribution is 4.86. The standard InChI is InChI=1S/C16H30O5/c1-7-18-15(5)20-13(3)9-11-17-12-10-14(4)21-16(6)19-8-2/h9-16H,7-8H2,1-6H3. The van der Waals surface area contributed by atoms with Gasteiger partial charge in [-0.15, -0.1) is 0 Å². The molecule has 5 nitrogen and oxygen atoms in total. The summed E-state index contributed by atoms with van der Waals surface area (Å²) in [5, 5.41) is 0. The second-order valence-corrected chi connectivity index (χ2v) is 4.52. The molecule has 4 unspecified atom stereocenters. The molecule has 124 valence electrons. The molecule has 0 aromatic carbocycles. The SMILES string of the molecule is CCOC(C)OC(C)C=COC=CC(C)OC(C)OCC. The zero-order chi connectivity index (χ0) is 16.1. The van der Waals surface area contributed by atoms with E-state index < -0.39 is 0 Å². The Morgan fingerprint density at radius 3 is 1.43 bits per heavy atom. The molecule has 0 aliphatic rings. The van der Waals surface area contributed by atoms with Crippen molar-refractivity contribution in [2.24, 2.45) is 0 Å². The molecule has 0 N–H and O–H groups in total. The average Bonchev–Trinajstić information content (AvgIpc) is 2.38. The molecular weight excluding hydrogens is 272 g/mol. The summed E-state index contributed by atoms with van der Waals surface area (Å²) in [6.07, 6.45) is 6.19. The normalized spacial score (nSPS) is 18.0. The van der Waals surface area contributed by atoms with Crippen LogP contribution in [0.4, 0.5) is 0 Å². The van der Waals surface area contributed by atoms with Crippen LogP contribution in [0.1, 0.15) is 41.5 Å². The van der Waals surface area contributed by atoms with Gasteiger partial charge in [0.05, 0.1) is 24.7 Å². The van der Waals surface area contributed by atoms with Gasteiger partial charge in [-0.1, -0.05) is 0 Å². The van der Waals surface area contributed by atoms with E-state index in [0.29, 0.717) is 13.2 Å². The van der Waals surface area contributed by atoms with Crippen molar-refractivity contribution in [1.82, 2.24) is 0 Å². The molecule has 0 spiro atoms. The molecule has 0 amide bonds. The Balaban J connectivity index is 3.85. The fourth-order valence-corrected chi connectivity index (χ4v) is 1.60. The molecule has 21 heavy (non-hydrogen) atoms. The summed E-state index contributed by atoms with van der Waals surface area (Å²) >= 11 is 0. The summed E-state index contributed by atoms with van der Waals surface area (Å²) in [5.74, 6) is 0. The second kappa shape index (κ2) is 12.8. The Hall–Kier alpha value is -0.880. The Morgan fingerprint density at radius 1 is 0.714 bits per heavy atom. The van der Waals surface area contributed by atoms with E-state index in [1.165, 1.54) is 0 Å². The molecule has 0 rings (SSSR count). The molecule has 0 radical (unpaired) electrons. The van der Waals surface area contributed by atoms with Crippen LogP contribution in [0.2, 0.25) is 0 Å². The first-order chi connectivity index (χ1) is 9.99. The van der Waals surface area contributed by atoms with Crippen molar-refractivity contribution in [2.75, 3.05) is 13.2 Å². The average molecular weight is 302 g/mol. The lowest BCUT2D eigenvalue weighted by molar-refractivity contribution is -0.141. The number of rotatable bonds is 12. The summed E-state index contributed by atoms with van der Waals surface area (Å²) < 4.78 is 26.9. The first-order valence-electron chi connectivity index (χ1n) is 7.52. The third-order valence-corrected chi connectivity index (χ3v) is 2.47. The molecule has 0 fully saturated rings. The topological polar surface area (TPSA) is 46.2 Å². The quantitative estimate of drug-likeness (QED) is 0.407. The van der Waals surface area contributed by atoms with Crippen LogP contribution in [0.5, 0.6) is 0 Å². The van der Waals surface area contributed by atoms with Crippen LogP contribution in [-0.4, -0.2) is 38.0 Å². The summed E-state index contributed by atoms with van der Waals surface area (Å²) in [6, 6.07) is 0. The van der Waals surface area contributed by atoms with Crippen LogP contribution >= 0.6 is 0 Å². The van der Waals surface area contributed by atoms with Crippen molar-refractivity contribution in [2.45, 2.75) is 66.3 Å². The maximum Gasteiger partial charge on any atom is 0.155 e. The van der Waals surface area contributed by atoms with Crippen molar-refractivity contribution in [3.63, 3.8) is 0 Å². The van der Waals surface area contributed by atoms with Crippen molar-refractivity contribution in [3.05, 3.63) is 24.7 Å². The van der Waals surface area contributed by atoms with E-state index in [4.69, 9.17) is 23.7 Å². The van der Waals surface area contributed by atoms with Crippen LogP contribution in [-0.2, 0) is 23.7 Å². The fourth-order valence-electron chi connectivity index (χ4n) is 1.60.